The molecule has 13 heteroatoms. The molecule has 1 aromatic carbocycles. The third-order valence-corrected chi connectivity index (χ3v) is 8.81. The SMILES string of the molecule is O=c1ccn(CC(F)F)c(=O)n1Cc1cc2nccc(-c3cc(C(F)(F)F)cc4c3N(C3CCNC3)CCC4)c2s1. The zero-order valence-electron chi connectivity index (χ0n) is 21.8. The number of halogens is 5. The summed E-state index contributed by atoms with van der Waals surface area (Å²) in [6.45, 7) is 1.32. The number of aromatic nitrogens is 3. The molecule has 1 atom stereocenters. The molecule has 0 bridgehead atoms. The zero-order valence-corrected chi connectivity index (χ0v) is 22.6. The first-order chi connectivity index (χ1) is 19.6. The molecule has 5 heterocycles. The smallest absolute Gasteiger partial charge is 0.366 e. The number of thiophene rings is 1. The van der Waals surface area contributed by atoms with Crippen molar-refractivity contribution in [3.05, 3.63) is 79.6 Å². The molecule has 0 spiro atoms. The summed E-state index contributed by atoms with van der Waals surface area (Å²) in [6, 6.07) is 7.07. The lowest BCUT2D eigenvalue weighted by Gasteiger charge is -2.38. The Hall–Kier alpha value is -3.58. The molecular formula is C28H26F5N5O2S. The number of aryl methyl sites for hydroxylation is 1. The van der Waals surface area contributed by atoms with Gasteiger partial charge in [0.1, 0.15) is 0 Å². The van der Waals surface area contributed by atoms with E-state index < -0.39 is 36.0 Å². The van der Waals surface area contributed by atoms with Gasteiger partial charge in [-0.2, -0.15) is 13.2 Å². The van der Waals surface area contributed by atoms with E-state index in [4.69, 9.17) is 0 Å². The summed E-state index contributed by atoms with van der Waals surface area (Å²) in [5, 5.41) is 3.35. The predicted molar refractivity (Wildman–Crippen MR) is 147 cm³/mol. The van der Waals surface area contributed by atoms with E-state index in [1.807, 2.05) is 0 Å². The Morgan fingerprint density at radius 2 is 1.95 bits per heavy atom. The van der Waals surface area contributed by atoms with Crippen LogP contribution in [0.4, 0.5) is 27.6 Å². The molecule has 0 amide bonds. The molecule has 216 valence electrons. The van der Waals surface area contributed by atoms with E-state index in [0.29, 0.717) is 38.2 Å². The number of hydrogen-bond donors (Lipinski definition) is 1. The number of nitrogens with one attached hydrogen (secondary N) is 1. The molecular weight excluding hydrogens is 565 g/mol. The fraction of sp³-hybridized carbons (Fsp3) is 0.393. The Labute approximate surface area is 234 Å². The zero-order chi connectivity index (χ0) is 28.9. The maximum atomic E-state index is 14.1. The normalized spacial score (nSPS) is 17.5. The van der Waals surface area contributed by atoms with E-state index in [9.17, 15) is 31.5 Å². The Kier molecular flexibility index (Phi) is 7.18. The standard InChI is InChI=1S/C28H26F5N5O2S/c29-23(30)15-36-9-5-24(39)38(27(36)40)14-19-12-22-26(41-19)20(4-7-35-22)21-11-17(28(31,32)33)10-16-2-1-8-37(25(16)21)18-3-6-34-13-18/h4-5,7,9-12,18,23,34H,1-3,6,8,13-15H2. The highest BCUT2D eigenvalue weighted by atomic mass is 32.1. The molecule has 0 radical (unpaired) electrons. The number of hydrogen-bond acceptors (Lipinski definition) is 6. The molecule has 7 nitrogen and oxygen atoms in total. The highest BCUT2D eigenvalue weighted by Crippen LogP contribution is 2.46. The third kappa shape index (κ3) is 5.28. The van der Waals surface area contributed by atoms with Gasteiger partial charge in [0.05, 0.1) is 28.9 Å². The van der Waals surface area contributed by atoms with Gasteiger partial charge in [-0.05, 0) is 55.6 Å². The van der Waals surface area contributed by atoms with Gasteiger partial charge in [0, 0.05) is 59.3 Å². The second-order valence-electron chi connectivity index (χ2n) is 10.3. The Morgan fingerprint density at radius 3 is 2.68 bits per heavy atom. The van der Waals surface area contributed by atoms with Gasteiger partial charge >= 0.3 is 11.9 Å². The number of benzene rings is 1. The van der Waals surface area contributed by atoms with Crippen LogP contribution in [-0.4, -0.2) is 46.2 Å². The van der Waals surface area contributed by atoms with Crippen molar-refractivity contribution in [2.75, 3.05) is 24.5 Å². The molecule has 1 unspecified atom stereocenters. The molecule has 1 N–H and O–H groups in total. The van der Waals surface area contributed by atoms with Gasteiger partial charge in [0.15, 0.2) is 0 Å². The number of pyridine rings is 1. The average Bonchev–Trinajstić information content (AvgIpc) is 3.61. The fourth-order valence-electron chi connectivity index (χ4n) is 5.84. The summed E-state index contributed by atoms with van der Waals surface area (Å²) in [5.74, 6) is 0. The van der Waals surface area contributed by atoms with E-state index in [1.165, 1.54) is 29.7 Å². The fourth-order valence-corrected chi connectivity index (χ4v) is 6.97. The summed E-state index contributed by atoms with van der Waals surface area (Å²) >= 11 is 1.22. The van der Waals surface area contributed by atoms with E-state index in [0.717, 1.165) is 59.6 Å². The van der Waals surface area contributed by atoms with Crippen molar-refractivity contribution >= 4 is 27.2 Å². The topological polar surface area (TPSA) is 72.2 Å². The van der Waals surface area contributed by atoms with Crippen molar-refractivity contribution < 1.29 is 22.0 Å². The van der Waals surface area contributed by atoms with Gasteiger partial charge in [-0.3, -0.25) is 18.9 Å². The van der Waals surface area contributed by atoms with Crippen molar-refractivity contribution in [3.8, 4) is 11.1 Å². The molecule has 1 fully saturated rings. The maximum absolute atomic E-state index is 14.1. The van der Waals surface area contributed by atoms with E-state index in [2.05, 4.69) is 15.2 Å². The van der Waals surface area contributed by atoms with Crippen LogP contribution >= 0.6 is 11.3 Å². The van der Waals surface area contributed by atoms with E-state index in [1.54, 1.807) is 12.1 Å². The van der Waals surface area contributed by atoms with Crippen molar-refractivity contribution in [3.63, 3.8) is 0 Å². The molecule has 6 rings (SSSR count). The Bertz CT molecular complexity index is 1720. The average molecular weight is 592 g/mol. The van der Waals surface area contributed by atoms with Crippen LogP contribution in [-0.2, 0) is 25.7 Å². The third-order valence-electron chi connectivity index (χ3n) is 7.67. The summed E-state index contributed by atoms with van der Waals surface area (Å²) in [7, 11) is 0. The summed E-state index contributed by atoms with van der Waals surface area (Å²) in [6.07, 6.45) is -2.53. The monoisotopic (exact) mass is 591 g/mol. The molecule has 2 aliphatic heterocycles. The second kappa shape index (κ2) is 10.7. The van der Waals surface area contributed by atoms with Gasteiger partial charge in [-0.25, -0.2) is 13.6 Å². The summed E-state index contributed by atoms with van der Waals surface area (Å²) in [5.41, 5.74) is 0.806. The molecule has 4 aromatic rings. The quantitative estimate of drug-likeness (QED) is 0.329. The lowest BCUT2D eigenvalue weighted by atomic mass is 9.90. The Balaban J connectivity index is 1.49. The number of anilines is 1. The highest BCUT2D eigenvalue weighted by molar-refractivity contribution is 7.19. The first-order valence-corrected chi connectivity index (χ1v) is 14.1. The second-order valence-corrected chi connectivity index (χ2v) is 11.5. The minimum atomic E-state index is -4.53. The number of nitrogens with zero attached hydrogens (tertiary/aromatic N) is 4. The number of rotatable bonds is 6. The van der Waals surface area contributed by atoms with Crippen LogP contribution in [0.1, 0.15) is 28.8 Å². The first kappa shape index (κ1) is 27.6. The minimum absolute atomic E-state index is 0.168. The molecule has 0 aliphatic carbocycles. The molecule has 0 saturated carbocycles. The maximum Gasteiger partial charge on any atom is 0.416 e. The van der Waals surface area contributed by atoms with Crippen LogP contribution in [0.15, 0.2) is 52.3 Å². The van der Waals surface area contributed by atoms with Crippen LogP contribution in [0.2, 0.25) is 0 Å². The molecule has 3 aromatic heterocycles. The largest absolute Gasteiger partial charge is 0.416 e. The summed E-state index contributed by atoms with van der Waals surface area (Å²) in [4.78, 5) is 32.4. The van der Waals surface area contributed by atoms with E-state index in [-0.39, 0.29) is 12.6 Å². The predicted octanol–water partition coefficient (Wildman–Crippen LogP) is 4.73. The molecule has 2 aliphatic rings. The van der Waals surface area contributed by atoms with Crippen LogP contribution < -0.4 is 21.5 Å². The van der Waals surface area contributed by atoms with Gasteiger partial charge in [-0.15, -0.1) is 11.3 Å². The van der Waals surface area contributed by atoms with Crippen LogP contribution in [0.25, 0.3) is 21.3 Å². The molecule has 41 heavy (non-hydrogen) atoms. The van der Waals surface area contributed by atoms with Gasteiger partial charge in [-0.1, -0.05) is 0 Å². The minimum Gasteiger partial charge on any atom is -0.366 e. The van der Waals surface area contributed by atoms with Crippen molar-refractivity contribution in [2.24, 2.45) is 0 Å². The lowest BCUT2D eigenvalue weighted by Crippen LogP contribution is -2.40. The summed E-state index contributed by atoms with van der Waals surface area (Å²) < 4.78 is 70.3. The number of fused-ring (bicyclic) bond motifs is 2. The van der Waals surface area contributed by atoms with Crippen molar-refractivity contribution in [1.29, 1.82) is 0 Å². The van der Waals surface area contributed by atoms with Crippen LogP contribution in [0, 0.1) is 0 Å². The van der Waals surface area contributed by atoms with Crippen molar-refractivity contribution in [2.45, 2.75) is 51.0 Å². The lowest BCUT2D eigenvalue weighted by molar-refractivity contribution is -0.137. The first-order valence-electron chi connectivity index (χ1n) is 13.3. The van der Waals surface area contributed by atoms with E-state index >= 15 is 0 Å². The van der Waals surface area contributed by atoms with Crippen LogP contribution in [0.3, 0.4) is 0 Å². The molecule has 1 saturated heterocycles. The van der Waals surface area contributed by atoms with Gasteiger partial charge < -0.3 is 10.2 Å². The van der Waals surface area contributed by atoms with Crippen LogP contribution in [0.5, 0.6) is 0 Å². The Morgan fingerprint density at radius 1 is 1.12 bits per heavy atom. The van der Waals surface area contributed by atoms with Crippen molar-refractivity contribution in [1.82, 2.24) is 19.4 Å². The van der Waals surface area contributed by atoms with Gasteiger partial charge in [0.2, 0.25) is 0 Å². The number of alkyl halides is 5. The highest BCUT2D eigenvalue weighted by Gasteiger charge is 2.36. The van der Waals surface area contributed by atoms with Gasteiger partial charge in [0.25, 0.3) is 12.0 Å².